The number of rotatable bonds is 18. The van der Waals surface area contributed by atoms with Gasteiger partial charge in [-0.1, -0.05) is 78.1 Å². The van der Waals surface area contributed by atoms with Crippen LogP contribution in [-0.2, 0) is 23.9 Å². The van der Waals surface area contributed by atoms with Gasteiger partial charge in [-0.15, -0.1) is 0 Å². The number of ether oxygens (including phenoxy) is 2. The lowest BCUT2D eigenvalue weighted by Crippen LogP contribution is -2.17. The van der Waals surface area contributed by atoms with Crippen LogP contribution in [0.3, 0.4) is 0 Å². The van der Waals surface area contributed by atoms with Crippen LogP contribution >= 0.6 is 0 Å². The van der Waals surface area contributed by atoms with Crippen LogP contribution in [0, 0.1) is 0 Å². The van der Waals surface area contributed by atoms with Crippen LogP contribution in [0.2, 0.25) is 0 Å². The van der Waals surface area contributed by atoms with Gasteiger partial charge in [0.05, 0.1) is 13.2 Å². The summed E-state index contributed by atoms with van der Waals surface area (Å²) in [7, 11) is 0. The first-order chi connectivity index (χ1) is 12.6. The molecule has 0 atom stereocenters. The monoisotopic (exact) mass is 370 g/mol. The Morgan fingerprint density at radius 2 is 0.885 bits per heavy atom. The number of hydrogen-bond donors (Lipinski definition) is 0. The van der Waals surface area contributed by atoms with Gasteiger partial charge in [0.1, 0.15) is 12.8 Å². The molecule has 0 radical (unpaired) electrons. The van der Waals surface area contributed by atoms with E-state index in [0.717, 1.165) is 38.5 Å². The van der Waals surface area contributed by atoms with Crippen molar-refractivity contribution in [2.75, 3.05) is 13.2 Å². The molecule has 0 aliphatic rings. The molecule has 5 nitrogen and oxygen atoms in total. The van der Waals surface area contributed by atoms with E-state index in [2.05, 4.69) is 13.8 Å². The van der Waals surface area contributed by atoms with Gasteiger partial charge in [-0.25, -0.2) is 0 Å². The van der Waals surface area contributed by atoms with Gasteiger partial charge in [0, 0.05) is 0 Å². The molecule has 0 saturated heterocycles. The molecular weight excluding hydrogens is 332 g/mol. The van der Waals surface area contributed by atoms with Gasteiger partial charge < -0.3 is 9.47 Å². The zero-order chi connectivity index (χ0) is 19.5. The third-order valence-corrected chi connectivity index (χ3v) is 4.20. The second kappa shape index (κ2) is 18.4. The highest BCUT2D eigenvalue weighted by molar-refractivity contribution is 6.03. The quantitative estimate of drug-likeness (QED) is 0.190. The summed E-state index contributed by atoms with van der Waals surface area (Å²) in [6.07, 6.45) is 12.6. The molecular formula is C21H38O5. The molecule has 0 aromatic heterocycles. The number of hydrogen-bond acceptors (Lipinski definition) is 5. The Kier molecular flexibility index (Phi) is 17.4. The second-order valence-corrected chi connectivity index (χ2v) is 6.87. The fourth-order valence-electron chi connectivity index (χ4n) is 2.62. The summed E-state index contributed by atoms with van der Waals surface area (Å²) in [4.78, 5) is 34.8. The lowest BCUT2D eigenvalue weighted by atomic mass is 10.1. The van der Waals surface area contributed by atoms with E-state index in [1.165, 1.54) is 38.5 Å². The Balaban J connectivity index is 3.55. The molecule has 0 saturated carbocycles. The Hall–Kier alpha value is -1.39. The third-order valence-electron chi connectivity index (χ3n) is 4.20. The molecule has 0 aliphatic carbocycles. The van der Waals surface area contributed by atoms with Gasteiger partial charge in [0.15, 0.2) is 5.78 Å². The molecule has 0 spiro atoms. The lowest BCUT2D eigenvalue weighted by molar-refractivity contribution is -0.149. The zero-order valence-electron chi connectivity index (χ0n) is 16.9. The average molecular weight is 371 g/mol. The van der Waals surface area contributed by atoms with Crippen molar-refractivity contribution in [3.05, 3.63) is 0 Å². The maximum absolute atomic E-state index is 11.7. The summed E-state index contributed by atoms with van der Waals surface area (Å²) in [5, 5.41) is 0. The standard InChI is InChI=1S/C21H38O5/c1-3-5-7-9-11-13-15-25-20(23)17-19(22)18-21(24)26-16-14-12-10-8-6-4-2/h3-18H2,1-2H3. The molecule has 0 rings (SSSR count). The maximum Gasteiger partial charge on any atom is 0.313 e. The number of carbonyl (C=O) groups is 3. The van der Waals surface area contributed by atoms with Crippen LogP contribution in [-0.4, -0.2) is 30.9 Å². The molecule has 0 heterocycles. The minimum atomic E-state index is -0.549. The van der Waals surface area contributed by atoms with E-state index in [4.69, 9.17) is 9.47 Å². The van der Waals surface area contributed by atoms with Crippen molar-refractivity contribution < 1.29 is 23.9 Å². The Morgan fingerprint density at radius 3 is 1.27 bits per heavy atom. The minimum Gasteiger partial charge on any atom is -0.465 e. The number of unbranched alkanes of at least 4 members (excludes halogenated alkanes) is 10. The molecule has 0 unspecified atom stereocenters. The van der Waals surface area contributed by atoms with Crippen LogP contribution < -0.4 is 0 Å². The van der Waals surface area contributed by atoms with Crippen molar-refractivity contribution in [3.63, 3.8) is 0 Å². The van der Waals surface area contributed by atoms with E-state index in [0.29, 0.717) is 13.2 Å². The fraction of sp³-hybridized carbons (Fsp3) is 0.857. The Bertz CT molecular complexity index is 345. The number of Topliss-reactive ketones (excluding diaryl/α,β-unsaturated/α-hetero) is 1. The highest BCUT2D eigenvalue weighted by atomic mass is 16.5. The fourth-order valence-corrected chi connectivity index (χ4v) is 2.62. The predicted molar refractivity (Wildman–Crippen MR) is 103 cm³/mol. The first-order valence-electron chi connectivity index (χ1n) is 10.4. The number of ketones is 1. The van der Waals surface area contributed by atoms with Gasteiger partial charge in [-0.2, -0.15) is 0 Å². The second-order valence-electron chi connectivity index (χ2n) is 6.87. The summed E-state index contributed by atoms with van der Waals surface area (Å²) in [5.41, 5.74) is 0. The van der Waals surface area contributed by atoms with Crippen LogP contribution in [0.4, 0.5) is 0 Å². The van der Waals surface area contributed by atoms with E-state index in [9.17, 15) is 14.4 Å². The van der Waals surface area contributed by atoms with Gasteiger partial charge in [-0.3, -0.25) is 14.4 Å². The number of esters is 2. The molecule has 0 bridgehead atoms. The summed E-state index contributed by atoms with van der Waals surface area (Å²) in [5.74, 6) is -1.54. The van der Waals surface area contributed by atoms with Crippen LogP contribution in [0.5, 0.6) is 0 Å². The average Bonchev–Trinajstić information content (AvgIpc) is 2.60. The first kappa shape index (κ1) is 24.6. The van der Waals surface area contributed by atoms with Crippen molar-refractivity contribution in [1.82, 2.24) is 0 Å². The van der Waals surface area contributed by atoms with Crippen molar-refractivity contribution in [2.24, 2.45) is 0 Å². The normalized spacial score (nSPS) is 10.5. The van der Waals surface area contributed by atoms with Gasteiger partial charge in [-0.05, 0) is 12.8 Å². The SMILES string of the molecule is CCCCCCCCOC(=O)CC(=O)CC(=O)OCCCCCCCC. The molecule has 0 amide bonds. The van der Waals surface area contributed by atoms with Crippen molar-refractivity contribution in [2.45, 2.75) is 104 Å². The summed E-state index contributed by atoms with van der Waals surface area (Å²) in [6.45, 7) is 5.04. The van der Waals surface area contributed by atoms with Crippen molar-refractivity contribution in [1.29, 1.82) is 0 Å². The Morgan fingerprint density at radius 1 is 0.538 bits per heavy atom. The van der Waals surface area contributed by atoms with Crippen LogP contribution in [0.1, 0.15) is 104 Å². The Labute approximate surface area is 159 Å². The predicted octanol–water partition coefficient (Wildman–Crippen LogP) is 5.14. The van der Waals surface area contributed by atoms with Crippen LogP contribution in [0.15, 0.2) is 0 Å². The van der Waals surface area contributed by atoms with Gasteiger partial charge in [0.25, 0.3) is 0 Å². The smallest absolute Gasteiger partial charge is 0.313 e. The van der Waals surface area contributed by atoms with Gasteiger partial charge in [0.2, 0.25) is 0 Å². The molecule has 0 N–H and O–H groups in total. The molecule has 5 heteroatoms. The topological polar surface area (TPSA) is 69.7 Å². The number of carbonyl (C=O) groups excluding carboxylic acids is 3. The van der Waals surface area contributed by atoms with E-state index in [1.54, 1.807) is 0 Å². The molecule has 0 aromatic rings. The summed E-state index contributed by atoms with van der Waals surface area (Å²) in [6, 6.07) is 0. The summed E-state index contributed by atoms with van der Waals surface area (Å²) < 4.78 is 10.1. The third kappa shape index (κ3) is 17.4. The zero-order valence-corrected chi connectivity index (χ0v) is 16.9. The molecule has 0 aromatic carbocycles. The van der Waals surface area contributed by atoms with Crippen molar-refractivity contribution >= 4 is 17.7 Å². The van der Waals surface area contributed by atoms with Gasteiger partial charge >= 0.3 is 11.9 Å². The minimum absolute atomic E-state index is 0.345. The largest absolute Gasteiger partial charge is 0.465 e. The molecule has 0 aliphatic heterocycles. The molecule has 0 fully saturated rings. The maximum atomic E-state index is 11.7. The van der Waals surface area contributed by atoms with Crippen molar-refractivity contribution in [3.8, 4) is 0 Å². The molecule has 26 heavy (non-hydrogen) atoms. The molecule has 152 valence electrons. The first-order valence-corrected chi connectivity index (χ1v) is 10.4. The van der Waals surface area contributed by atoms with E-state index in [1.807, 2.05) is 0 Å². The lowest BCUT2D eigenvalue weighted by Gasteiger charge is -2.06. The highest BCUT2D eigenvalue weighted by Gasteiger charge is 2.15. The highest BCUT2D eigenvalue weighted by Crippen LogP contribution is 2.06. The van der Waals surface area contributed by atoms with Crippen LogP contribution in [0.25, 0.3) is 0 Å². The van der Waals surface area contributed by atoms with E-state index < -0.39 is 17.7 Å². The van der Waals surface area contributed by atoms with E-state index in [-0.39, 0.29) is 12.8 Å². The summed E-state index contributed by atoms with van der Waals surface area (Å²) >= 11 is 0. The van der Waals surface area contributed by atoms with E-state index >= 15 is 0 Å².